The molecular weight excluding hydrogens is 314 g/mol. The van der Waals surface area contributed by atoms with Crippen LogP contribution in [0.3, 0.4) is 0 Å². The molecule has 8 nitrogen and oxygen atoms in total. The topological polar surface area (TPSA) is 144 Å². The van der Waals surface area contributed by atoms with Gasteiger partial charge in [0.1, 0.15) is 5.75 Å². The van der Waals surface area contributed by atoms with Crippen LogP contribution in [0.5, 0.6) is 5.75 Å². The van der Waals surface area contributed by atoms with Crippen LogP contribution in [-0.4, -0.2) is 46.1 Å². The number of carbonyl (C=O) groups is 1. The van der Waals surface area contributed by atoms with E-state index in [1.54, 1.807) is 6.07 Å². The molecule has 0 spiro atoms. The summed E-state index contributed by atoms with van der Waals surface area (Å²) in [6, 6.07) is 4.52. The number of β-amino-alcohol motifs (C(OH)–C–C–N with tert-alkyl or cyclic N) is 1. The van der Waals surface area contributed by atoms with Crippen LogP contribution in [0.1, 0.15) is 42.8 Å². The fourth-order valence-electron chi connectivity index (χ4n) is 1.40. The Bertz CT molecular complexity index is 585. The van der Waals surface area contributed by atoms with Crippen LogP contribution in [0, 0.1) is 0 Å². The second kappa shape index (κ2) is 8.20. The van der Waals surface area contributed by atoms with Gasteiger partial charge in [0, 0.05) is 12.1 Å². The van der Waals surface area contributed by atoms with E-state index in [0.717, 1.165) is 0 Å². The highest BCUT2D eigenvalue weighted by atomic mass is 32.3. The standard InChI is InChI=1S/C13H19NO3.H2O4S/c1-13(2,3)14-7-12(17)9-4-5-11(16)10(6-9)8-15;1-5(2,3)4/h4-6,8,12,14,16-17H,7H2,1-3H3;(H2,1,2,3,4). The van der Waals surface area contributed by atoms with Crippen molar-refractivity contribution in [3.63, 3.8) is 0 Å². The minimum atomic E-state index is -4.67. The molecule has 0 heterocycles. The van der Waals surface area contributed by atoms with Crippen molar-refractivity contribution in [1.29, 1.82) is 0 Å². The van der Waals surface area contributed by atoms with Crippen molar-refractivity contribution in [3.8, 4) is 5.75 Å². The van der Waals surface area contributed by atoms with E-state index in [4.69, 9.17) is 17.5 Å². The maximum atomic E-state index is 10.7. The Balaban J connectivity index is 0.000000763. The monoisotopic (exact) mass is 335 g/mol. The van der Waals surface area contributed by atoms with Gasteiger partial charge < -0.3 is 15.5 Å². The van der Waals surface area contributed by atoms with Crippen LogP contribution in [0.15, 0.2) is 18.2 Å². The third-order valence-electron chi connectivity index (χ3n) is 2.39. The Morgan fingerprint density at radius 3 is 2.18 bits per heavy atom. The third kappa shape index (κ3) is 10.2. The molecule has 1 aromatic carbocycles. The summed E-state index contributed by atoms with van der Waals surface area (Å²) >= 11 is 0. The van der Waals surface area contributed by atoms with E-state index in [9.17, 15) is 15.0 Å². The molecule has 0 saturated heterocycles. The van der Waals surface area contributed by atoms with Crippen molar-refractivity contribution in [3.05, 3.63) is 29.3 Å². The smallest absolute Gasteiger partial charge is 0.394 e. The fraction of sp³-hybridized carbons (Fsp3) is 0.462. The molecule has 1 atom stereocenters. The van der Waals surface area contributed by atoms with Gasteiger partial charge in [0.25, 0.3) is 0 Å². The molecule has 0 aliphatic rings. The van der Waals surface area contributed by atoms with E-state index in [0.29, 0.717) is 18.4 Å². The molecule has 9 heteroatoms. The molecular formula is C13H21NO7S. The van der Waals surface area contributed by atoms with Crippen LogP contribution >= 0.6 is 0 Å². The number of phenolic OH excluding ortho intramolecular Hbond substituents is 1. The molecule has 0 amide bonds. The molecule has 1 unspecified atom stereocenters. The average molecular weight is 335 g/mol. The highest BCUT2D eigenvalue weighted by Crippen LogP contribution is 2.21. The number of aromatic hydroxyl groups is 1. The summed E-state index contributed by atoms with van der Waals surface area (Å²) in [6.45, 7) is 6.42. The Morgan fingerprint density at radius 2 is 1.77 bits per heavy atom. The van der Waals surface area contributed by atoms with Crippen LogP contribution in [0.4, 0.5) is 0 Å². The summed E-state index contributed by atoms with van der Waals surface area (Å²) in [4.78, 5) is 10.7. The molecule has 1 aromatic rings. The highest BCUT2D eigenvalue weighted by Gasteiger charge is 2.14. The van der Waals surface area contributed by atoms with Gasteiger partial charge in [0.15, 0.2) is 6.29 Å². The summed E-state index contributed by atoms with van der Waals surface area (Å²) in [5.74, 6) is -0.0697. The normalized spacial score (nSPS) is 13.0. The number of hydrogen-bond donors (Lipinski definition) is 5. The molecule has 0 aliphatic heterocycles. The zero-order chi connectivity index (χ0) is 17.6. The van der Waals surface area contributed by atoms with E-state index in [1.165, 1.54) is 12.1 Å². The van der Waals surface area contributed by atoms with Crippen molar-refractivity contribution in [1.82, 2.24) is 5.32 Å². The van der Waals surface area contributed by atoms with Gasteiger partial charge in [0.05, 0.1) is 11.7 Å². The molecule has 126 valence electrons. The number of phenols is 1. The predicted octanol–water partition coefficient (Wildman–Crippen LogP) is 0.973. The van der Waals surface area contributed by atoms with Crippen molar-refractivity contribution in [2.24, 2.45) is 0 Å². The minimum absolute atomic E-state index is 0.0697. The molecule has 22 heavy (non-hydrogen) atoms. The molecule has 0 saturated carbocycles. The Hall–Kier alpha value is -1.52. The van der Waals surface area contributed by atoms with Crippen LogP contribution in [0.25, 0.3) is 0 Å². The van der Waals surface area contributed by atoms with E-state index >= 15 is 0 Å². The van der Waals surface area contributed by atoms with E-state index in [-0.39, 0.29) is 16.9 Å². The first kappa shape index (κ1) is 20.5. The lowest BCUT2D eigenvalue weighted by Gasteiger charge is -2.23. The van der Waals surface area contributed by atoms with Gasteiger partial charge in [-0.1, -0.05) is 6.07 Å². The van der Waals surface area contributed by atoms with Gasteiger partial charge in [-0.25, -0.2) is 0 Å². The van der Waals surface area contributed by atoms with Crippen molar-refractivity contribution in [2.75, 3.05) is 6.54 Å². The second-order valence-corrected chi connectivity index (χ2v) is 6.43. The number of hydrogen-bond acceptors (Lipinski definition) is 6. The number of nitrogens with one attached hydrogen (secondary N) is 1. The summed E-state index contributed by atoms with van der Waals surface area (Å²) in [6.07, 6.45) is -0.128. The molecule has 0 aliphatic carbocycles. The van der Waals surface area contributed by atoms with Gasteiger partial charge in [-0.15, -0.1) is 0 Å². The van der Waals surface area contributed by atoms with Crippen molar-refractivity contribution < 1.29 is 32.5 Å². The number of rotatable bonds is 4. The SMILES string of the molecule is CC(C)(C)NCC(O)c1ccc(O)c(C=O)c1.O=S(=O)(O)O. The number of aliphatic hydroxyl groups is 1. The largest absolute Gasteiger partial charge is 0.507 e. The Morgan fingerprint density at radius 1 is 1.27 bits per heavy atom. The van der Waals surface area contributed by atoms with Gasteiger partial charge in [-0.3, -0.25) is 13.9 Å². The molecule has 0 aromatic heterocycles. The van der Waals surface area contributed by atoms with Crippen LogP contribution in [-0.2, 0) is 10.4 Å². The first-order valence-electron chi connectivity index (χ1n) is 6.24. The summed E-state index contributed by atoms with van der Waals surface area (Å²) in [5, 5.41) is 22.5. The fourth-order valence-corrected chi connectivity index (χ4v) is 1.40. The van der Waals surface area contributed by atoms with E-state index in [2.05, 4.69) is 5.32 Å². The quantitative estimate of drug-likeness (QED) is 0.404. The zero-order valence-corrected chi connectivity index (χ0v) is 13.3. The lowest BCUT2D eigenvalue weighted by Crippen LogP contribution is -2.38. The van der Waals surface area contributed by atoms with E-state index < -0.39 is 16.5 Å². The lowest BCUT2D eigenvalue weighted by atomic mass is 10.0. The average Bonchev–Trinajstić information content (AvgIpc) is 2.33. The van der Waals surface area contributed by atoms with Gasteiger partial charge in [-0.05, 0) is 38.5 Å². The number of aldehydes is 1. The third-order valence-corrected chi connectivity index (χ3v) is 2.39. The molecule has 1 rings (SSSR count). The lowest BCUT2D eigenvalue weighted by molar-refractivity contribution is 0.112. The first-order chi connectivity index (χ1) is 9.83. The van der Waals surface area contributed by atoms with Crippen LogP contribution < -0.4 is 5.32 Å². The van der Waals surface area contributed by atoms with Gasteiger partial charge in [0.2, 0.25) is 0 Å². The van der Waals surface area contributed by atoms with Crippen LogP contribution in [0.2, 0.25) is 0 Å². The number of aliphatic hydroxyl groups excluding tert-OH is 1. The minimum Gasteiger partial charge on any atom is -0.507 e. The van der Waals surface area contributed by atoms with E-state index in [1.807, 2.05) is 20.8 Å². The summed E-state index contributed by atoms with van der Waals surface area (Å²) in [7, 11) is -4.67. The number of carbonyl (C=O) groups excluding carboxylic acids is 1. The maximum Gasteiger partial charge on any atom is 0.394 e. The Kier molecular flexibility index (Phi) is 7.64. The second-order valence-electron chi connectivity index (χ2n) is 5.53. The zero-order valence-electron chi connectivity index (χ0n) is 12.5. The summed E-state index contributed by atoms with van der Waals surface area (Å²) < 4.78 is 31.6. The van der Waals surface area contributed by atoms with Crippen molar-refractivity contribution in [2.45, 2.75) is 32.4 Å². The number of benzene rings is 1. The van der Waals surface area contributed by atoms with Crippen molar-refractivity contribution >= 4 is 16.7 Å². The Labute approximate surface area is 129 Å². The predicted molar refractivity (Wildman–Crippen MR) is 80.4 cm³/mol. The summed E-state index contributed by atoms with van der Waals surface area (Å²) in [5.41, 5.74) is 0.727. The molecule has 5 N–H and O–H groups in total. The van der Waals surface area contributed by atoms with Gasteiger partial charge in [-0.2, -0.15) is 8.42 Å². The maximum absolute atomic E-state index is 10.7. The highest BCUT2D eigenvalue weighted by molar-refractivity contribution is 7.79. The molecule has 0 radical (unpaired) electrons. The molecule has 0 bridgehead atoms. The molecule has 0 fully saturated rings. The van der Waals surface area contributed by atoms with Gasteiger partial charge >= 0.3 is 10.4 Å². The first-order valence-corrected chi connectivity index (χ1v) is 7.64.